The average molecular weight is 467 g/mol. The van der Waals surface area contributed by atoms with Crippen molar-refractivity contribution in [3.8, 4) is 17.6 Å². The standard InChI is InChI=1S/C26H27FN2O3S/c1-32-20-5-7-25-22(15-20)21(8-11-28-25)24(27)6-4-19-9-13-29(16-23(19)26(30)31)12-2-3-18-10-14-33-17-18/h5,7-8,10-11,14-15,17,19,23-24H,4,6,9,12-13,16H2,1H3,(H,30,31)/t19-,23+,24-/m1/s1. The lowest BCUT2D eigenvalue weighted by Gasteiger charge is -2.35. The maximum Gasteiger partial charge on any atom is 0.308 e. The second-order valence-electron chi connectivity index (χ2n) is 8.37. The first kappa shape index (κ1) is 23.2. The number of nitrogens with zero attached hydrogens (tertiary/aromatic N) is 2. The number of carboxylic acid groups (broad SMARTS) is 1. The summed E-state index contributed by atoms with van der Waals surface area (Å²) in [5.41, 5.74) is 2.28. The molecule has 4 rings (SSSR count). The average Bonchev–Trinajstić information content (AvgIpc) is 3.35. The van der Waals surface area contributed by atoms with Gasteiger partial charge in [0.25, 0.3) is 0 Å². The van der Waals surface area contributed by atoms with E-state index in [4.69, 9.17) is 4.74 Å². The molecule has 33 heavy (non-hydrogen) atoms. The Balaban J connectivity index is 1.38. The van der Waals surface area contributed by atoms with Crippen molar-refractivity contribution in [3.63, 3.8) is 0 Å². The molecule has 1 N–H and O–H groups in total. The Morgan fingerprint density at radius 2 is 2.27 bits per heavy atom. The van der Waals surface area contributed by atoms with Crippen LogP contribution in [0.2, 0.25) is 0 Å². The number of halogens is 1. The fraction of sp³-hybridized carbons (Fsp3) is 0.385. The third kappa shape index (κ3) is 5.70. The van der Waals surface area contributed by atoms with Crippen molar-refractivity contribution >= 4 is 28.2 Å². The van der Waals surface area contributed by atoms with Crippen molar-refractivity contribution < 1.29 is 19.0 Å². The number of ether oxygens (including phenoxy) is 1. The van der Waals surface area contributed by atoms with E-state index in [1.807, 2.05) is 29.0 Å². The van der Waals surface area contributed by atoms with E-state index in [2.05, 4.69) is 21.7 Å². The van der Waals surface area contributed by atoms with Gasteiger partial charge in [0.1, 0.15) is 11.9 Å². The molecule has 0 saturated carbocycles. The molecular weight excluding hydrogens is 439 g/mol. The van der Waals surface area contributed by atoms with Crippen LogP contribution < -0.4 is 4.74 Å². The predicted molar refractivity (Wildman–Crippen MR) is 128 cm³/mol. The van der Waals surface area contributed by atoms with Crippen LogP contribution in [0.4, 0.5) is 4.39 Å². The maximum absolute atomic E-state index is 15.3. The number of rotatable bonds is 7. The summed E-state index contributed by atoms with van der Waals surface area (Å²) in [6, 6.07) is 9.11. The minimum absolute atomic E-state index is 0.0514. The molecule has 3 heterocycles. The summed E-state index contributed by atoms with van der Waals surface area (Å²) in [6.07, 6.45) is 1.97. The Kier molecular flexibility index (Phi) is 7.58. The van der Waals surface area contributed by atoms with Gasteiger partial charge in [-0.05, 0) is 73.0 Å². The molecule has 1 aliphatic rings. The fourth-order valence-electron chi connectivity index (χ4n) is 4.49. The van der Waals surface area contributed by atoms with Gasteiger partial charge in [0.2, 0.25) is 0 Å². The minimum atomic E-state index is -1.19. The van der Waals surface area contributed by atoms with Gasteiger partial charge in [-0.2, -0.15) is 11.3 Å². The van der Waals surface area contributed by atoms with E-state index in [9.17, 15) is 9.90 Å². The van der Waals surface area contributed by atoms with Gasteiger partial charge in [-0.3, -0.25) is 14.7 Å². The lowest BCUT2D eigenvalue weighted by molar-refractivity contribution is -0.146. The summed E-state index contributed by atoms with van der Waals surface area (Å²) < 4.78 is 20.6. The molecule has 3 atom stereocenters. The summed E-state index contributed by atoms with van der Waals surface area (Å²) in [6.45, 7) is 1.77. The zero-order valence-corrected chi connectivity index (χ0v) is 19.4. The number of hydrogen-bond acceptors (Lipinski definition) is 5. The Labute approximate surface area is 197 Å². The first-order valence-corrected chi connectivity index (χ1v) is 12.0. The number of pyridine rings is 1. The van der Waals surface area contributed by atoms with E-state index in [1.165, 1.54) is 0 Å². The van der Waals surface area contributed by atoms with Crippen LogP contribution in [-0.4, -0.2) is 47.7 Å². The molecule has 0 bridgehead atoms. The van der Waals surface area contributed by atoms with Gasteiger partial charge >= 0.3 is 5.97 Å². The molecule has 0 amide bonds. The number of likely N-dealkylation sites (tertiary alicyclic amines) is 1. The first-order chi connectivity index (χ1) is 16.0. The van der Waals surface area contributed by atoms with Gasteiger partial charge in [0.05, 0.1) is 25.1 Å². The van der Waals surface area contributed by atoms with E-state index in [0.717, 1.165) is 29.4 Å². The van der Waals surface area contributed by atoms with Crippen molar-refractivity contribution in [1.29, 1.82) is 0 Å². The molecule has 3 aromatic rings. The summed E-state index contributed by atoms with van der Waals surface area (Å²) in [5.74, 6) is 5.54. The third-order valence-corrected chi connectivity index (χ3v) is 7.01. The lowest BCUT2D eigenvalue weighted by Crippen LogP contribution is -2.44. The molecular formula is C26H27FN2O3S. The van der Waals surface area contributed by atoms with E-state index >= 15 is 4.39 Å². The fourth-order valence-corrected chi connectivity index (χ4v) is 5.08. The highest BCUT2D eigenvalue weighted by molar-refractivity contribution is 7.08. The van der Waals surface area contributed by atoms with Gasteiger partial charge in [0, 0.05) is 29.1 Å². The van der Waals surface area contributed by atoms with E-state index in [-0.39, 0.29) is 12.3 Å². The van der Waals surface area contributed by atoms with E-state index < -0.39 is 18.1 Å². The molecule has 2 aromatic heterocycles. The molecule has 7 heteroatoms. The first-order valence-electron chi connectivity index (χ1n) is 11.1. The van der Waals surface area contributed by atoms with Crippen molar-refractivity contribution in [3.05, 3.63) is 58.4 Å². The van der Waals surface area contributed by atoms with Crippen LogP contribution in [0, 0.1) is 23.7 Å². The normalized spacial score (nSPS) is 19.6. The zero-order valence-electron chi connectivity index (χ0n) is 18.5. The van der Waals surface area contributed by atoms with E-state index in [0.29, 0.717) is 30.8 Å². The van der Waals surface area contributed by atoms with Gasteiger partial charge in [0.15, 0.2) is 0 Å². The molecule has 1 aliphatic heterocycles. The SMILES string of the molecule is COc1ccc2nccc([C@H](F)CC[C@@H]3CCN(CC#Cc4ccsc4)C[C@@H]3C(=O)O)c2c1. The number of hydrogen-bond donors (Lipinski definition) is 1. The summed E-state index contributed by atoms with van der Waals surface area (Å²) in [5, 5.41) is 14.5. The quantitative estimate of drug-likeness (QED) is 0.487. The number of carbonyl (C=O) groups is 1. The molecule has 0 radical (unpaired) electrons. The lowest BCUT2D eigenvalue weighted by atomic mass is 9.81. The molecule has 172 valence electrons. The Morgan fingerprint density at radius 1 is 1.39 bits per heavy atom. The van der Waals surface area contributed by atoms with E-state index in [1.54, 1.807) is 36.8 Å². The number of benzene rings is 1. The van der Waals surface area contributed by atoms with Crippen LogP contribution in [0.1, 0.15) is 36.6 Å². The highest BCUT2D eigenvalue weighted by atomic mass is 32.1. The molecule has 5 nitrogen and oxygen atoms in total. The predicted octanol–water partition coefficient (Wildman–Crippen LogP) is 5.17. The third-order valence-electron chi connectivity index (χ3n) is 6.32. The van der Waals surface area contributed by atoms with Crippen LogP contribution in [0.15, 0.2) is 47.3 Å². The Bertz CT molecular complexity index is 1160. The molecule has 0 spiro atoms. The Hall–Kier alpha value is -2.95. The van der Waals surface area contributed by atoms with Crippen molar-refractivity contribution in [1.82, 2.24) is 9.88 Å². The molecule has 1 aromatic carbocycles. The van der Waals surface area contributed by atoms with Crippen molar-refractivity contribution in [2.75, 3.05) is 26.7 Å². The number of fused-ring (bicyclic) bond motifs is 1. The van der Waals surface area contributed by atoms with Crippen LogP contribution >= 0.6 is 11.3 Å². The molecule has 0 aliphatic carbocycles. The van der Waals surface area contributed by atoms with Crippen LogP contribution in [0.5, 0.6) is 5.75 Å². The molecule has 0 unspecified atom stereocenters. The monoisotopic (exact) mass is 466 g/mol. The number of carboxylic acids is 1. The van der Waals surface area contributed by atoms with Crippen molar-refractivity contribution in [2.45, 2.75) is 25.4 Å². The largest absolute Gasteiger partial charge is 0.497 e. The highest BCUT2D eigenvalue weighted by Crippen LogP contribution is 2.35. The second kappa shape index (κ2) is 10.8. The van der Waals surface area contributed by atoms with Gasteiger partial charge in [-0.15, -0.1) is 0 Å². The second-order valence-corrected chi connectivity index (χ2v) is 9.15. The number of methoxy groups -OCH3 is 1. The molecule has 1 saturated heterocycles. The summed E-state index contributed by atoms with van der Waals surface area (Å²) in [7, 11) is 1.58. The van der Waals surface area contributed by atoms with Crippen LogP contribution in [0.3, 0.4) is 0 Å². The number of alkyl halides is 1. The number of piperidine rings is 1. The number of aromatic nitrogens is 1. The zero-order chi connectivity index (χ0) is 23.2. The van der Waals surface area contributed by atoms with Gasteiger partial charge in [-0.1, -0.05) is 11.8 Å². The van der Waals surface area contributed by atoms with Gasteiger partial charge < -0.3 is 9.84 Å². The highest BCUT2D eigenvalue weighted by Gasteiger charge is 2.34. The minimum Gasteiger partial charge on any atom is -0.497 e. The summed E-state index contributed by atoms with van der Waals surface area (Å²) in [4.78, 5) is 18.4. The summed E-state index contributed by atoms with van der Waals surface area (Å²) >= 11 is 1.60. The van der Waals surface area contributed by atoms with Crippen LogP contribution in [-0.2, 0) is 4.79 Å². The maximum atomic E-state index is 15.3. The van der Waals surface area contributed by atoms with Crippen LogP contribution in [0.25, 0.3) is 10.9 Å². The molecule has 1 fully saturated rings. The Morgan fingerprint density at radius 3 is 3.03 bits per heavy atom. The number of aliphatic carboxylic acids is 1. The van der Waals surface area contributed by atoms with Crippen molar-refractivity contribution in [2.24, 2.45) is 11.8 Å². The smallest absolute Gasteiger partial charge is 0.308 e. The topological polar surface area (TPSA) is 62.7 Å². The van der Waals surface area contributed by atoms with Gasteiger partial charge in [-0.25, -0.2) is 4.39 Å². The number of thiophene rings is 1.